The number of aromatic nitrogens is 2. The van der Waals surface area contributed by atoms with Crippen LogP contribution in [-0.2, 0) is 29.0 Å². The molecule has 1 aliphatic heterocycles. The molecular weight excluding hydrogens is 350 g/mol. The molecule has 0 fully saturated rings. The number of rotatable bonds is 5. The Kier molecular flexibility index (Phi) is 4.45. The smallest absolute Gasteiger partial charge is 0.326 e. The minimum absolute atomic E-state index is 0.0890. The van der Waals surface area contributed by atoms with Crippen molar-refractivity contribution in [3.05, 3.63) is 59.7 Å². The molecule has 2 aromatic heterocycles. The molecule has 4 rings (SSSR count). The minimum Gasteiger partial charge on any atom is -0.480 e. The Labute approximate surface area is 154 Å². The van der Waals surface area contributed by atoms with Gasteiger partial charge >= 0.3 is 5.97 Å². The normalized spacial score (nSPS) is 16.1. The predicted molar refractivity (Wildman–Crippen MR) is 92.4 cm³/mol. The summed E-state index contributed by atoms with van der Waals surface area (Å²) in [7, 11) is 0. The van der Waals surface area contributed by atoms with E-state index in [9.17, 15) is 14.7 Å². The molecule has 0 spiro atoms. The fourth-order valence-electron chi connectivity index (χ4n) is 3.23. The SMILES string of the molecule is O=C(O)[C@H]1Cc2ccccc2CN1C(=O)CCc1nc(-c2ccco2)no1. The van der Waals surface area contributed by atoms with E-state index in [2.05, 4.69) is 10.1 Å². The van der Waals surface area contributed by atoms with E-state index in [1.165, 1.54) is 11.2 Å². The highest BCUT2D eigenvalue weighted by Crippen LogP contribution is 2.24. The van der Waals surface area contributed by atoms with E-state index in [0.29, 0.717) is 23.9 Å². The van der Waals surface area contributed by atoms with Gasteiger partial charge in [-0.3, -0.25) is 4.79 Å². The Balaban J connectivity index is 1.45. The topological polar surface area (TPSA) is 110 Å². The van der Waals surface area contributed by atoms with E-state index < -0.39 is 12.0 Å². The summed E-state index contributed by atoms with van der Waals surface area (Å²) in [5.74, 6) is -0.155. The lowest BCUT2D eigenvalue weighted by Crippen LogP contribution is -2.48. The number of hydrogen-bond donors (Lipinski definition) is 1. The van der Waals surface area contributed by atoms with Crippen LogP contribution in [0.3, 0.4) is 0 Å². The Morgan fingerprint density at radius 3 is 2.74 bits per heavy atom. The van der Waals surface area contributed by atoms with Crippen LogP contribution in [0.15, 0.2) is 51.6 Å². The third-order valence-electron chi connectivity index (χ3n) is 4.62. The Hall–Kier alpha value is -3.42. The van der Waals surface area contributed by atoms with Gasteiger partial charge in [0, 0.05) is 25.8 Å². The number of hydrogen-bond acceptors (Lipinski definition) is 6. The van der Waals surface area contributed by atoms with Crippen LogP contribution in [0.4, 0.5) is 0 Å². The van der Waals surface area contributed by atoms with Crippen LogP contribution in [0.1, 0.15) is 23.4 Å². The number of carboxylic acids is 1. The lowest BCUT2D eigenvalue weighted by Gasteiger charge is -2.34. The van der Waals surface area contributed by atoms with Gasteiger partial charge in [0.25, 0.3) is 0 Å². The van der Waals surface area contributed by atoms with Crippen LogP contribution in [0.2, 0.25) is 0 Å². The van der Waals surface area contributed by atoms with E-state index in [4.69, 9.17) is 8.94 Å². The molecule has 1 amide bonds. The molecule has 0 radical (unpaired) electrons. The molecule has 0 saturated heterocycles. The lowest BCUT2D eigenvalue weighted by molar-refractivity contribution is -0.151. The molecule has 1 aromatic carbocycles. The molecule has 27 heavy (non-hydrogen) atoms. The molecule has 0 saturated carbocycles. The molecule has 1 atom stereocenters. The standard InChI is InChI=1S/C19H17N3O5/c23-17(8-7-16-20-18(21-27-16)15-6-3-9-26-15)22-11-13-5-2-1-4-12(13)10-14(22)19(24)25/h1-6,9,14H,7-8,10-11H2,(H,24,25)/t14-/m1/s1. The molecule has 0 bridgehead atoms. The van der Waals surface area contributed by atoms with Crippen molar-refractivity contribution < 1.29 is 23.6 Å². The zero-order valence-corrected chi connectivity index (χ0v) is 14.4. The van der Waals surface area contributed by atoms with Crippen molar-refractivity contribution in [1.82, 2.24) is 15.0 Å². The fraction of sp³-hybridized carbons (Fsp3) is 0.263. The highest BCUT2D eigenvalue weighted by molar-refractivity contribution is 5.84. The summed E-state index contributed by atoms with van der Waals surface area (Å²) in [5.41, 5.74) is 1.94. The molecule has 1 aliphatic rings. The first-order valence-corrected chi connectivity index (χ1v) is 8.57. The van der Waals surface area contributed by atoms with E-state index in [1.807, 2.05) is 24.3 Å². The first-order valence-electron chi connectivity index (χ1n) is 8.57. The summed E-state index contributed by atoms with van der Waals surface area (Å²) in [6.45, 7) is 0.285. The Bertz CT molecular complexity index is 963. The number of nitrogens with zero attached hydrogens (tertiary/aromatic N) is 3. The number of carbonyl (C=O) groups is 2. The van der Waals surface area contributed by atoms with Crippen molar-refractivity contribution in [2.75, 3.05) is 0 Å². The molecule has 3 aromatic rings. The zero-order valence-electron chi connectivity index (χ0n) is 14.4. The summed E-state index contributed by atoms with van der Waals surface area (Å²) >= 11 is 0. The molecule has 3 heterocycles. The third-order valence-corrected chi connectivity index (χ3v) is 4.62. The number of carbonyl (C=O) groups excluding carboxylic acids is 1. The highest BCUT2D eigenvalue weighted by Gasteiger charge is 2.34. The van der Waals surface area contributed by atoms with Crippen molar-refractivity contribution in [3.63, 3.8) is 0 Å². The Morgan fingerprint density at radius 1 is 1.19 bits per heavy atom. The zero-order chi connectivity index (χ0) is 18.8. The summed E-state index contributed by atoms with van der Waals surface area (Å²) in [5, 5.41) is 13.4. The molecule has 8 nitrogen and oxygen atoms in total. The van der Waals surface area contributed by atoms with Crippen LogP contribution in [0.25, 0.3) is 11.6 Å². The molecule has 0 unspecified atom stereocenters. The fourth-order valence-corrected chi connectivity index (χ4v) is 3.23. The number of benzene rings is 1. The summed E-state index contributed by atoms with van der Waals surface area (Å²) in [6.07, 6.45) is 2.14. The Morgan fingerprint density at radius 2 is 2.00 bits per heavy atom. The van der Waals surface area contributed by atoms with Gasteiger partial charge in [0.15, 0.2) is 5.76 Å². The van der Waals surface area contributed by atoms with Gasteiger partial charge in [0.1, 0.15) is 6.04 Å². The van der Waals surface area contributed by atoms with Gasteiger partial charge in [-0.25, -0.2) is 4.79 Å². The lowest BCUT2D eigenvalue weighted by atomic mass is 9.93. The van der Waals surface area contributed by atoms with E-state index in [-0.39, 0.29) is 25.3 Å². The van der Waals surface area contributed by atoms with Gasteiger partial charge in [0.05, 0.1) is 6.26 Å². The second kappa shape index (κ2) is 7.06. The van der Waals surface area contributed by atoms with Gasteiger partial charge in [-0.1, -0.05) is 29.4 Å². The predicted octanol–water partition coefficient (Wildman–Crippen LogP) is 2.30. The summed E-state index contributed by atoms with van der Waals surface area (Å²) < 4.78 is 10.4. The second-order valence-electron chi connectivity index (χ2n) is 6.34. The number of carboxylic acid groups (broad SMARTS) is 1. The van der Waals surface area contributed by atoms with Crippen molar-refractivity contribution in [2.24, 2.45) is 0 Å². The first kappa shape index (κ1) is 17.0. The van der Waals surface area contributed by atoms with Crippen LogP contribution in [0.5, 0.6) is 0 Å². The van der Waals surface area contributed by atoms with Crippen LogP contribution < -0.4 is 0 Å². The number of fused-ring (bicyclic) bond motifs is 1. The van der Waals surface area contributed by atoms with Gasteiger partial charge in [0.2, 0.25) is 17.6 Å². The van der Waals surface area contributed by atoms with Crippen LogP contribution in [-0.4, -0.2) is 38.1 Å². The van der Waals surface area contributed by atoms with E-state index in [1.54, 1.807) is 12.1 Å². The quantitative estimate of drug-likeness (QED) is 0.737. The van der Waals surface area contributed by atoms with Crippen molar-refractivity contribution in [1.29, 1.82) is 0 Å². The van der Waals surface area contributed by atoms with Gasteiger partial charge < -0.3 is 18.9 Å². The molecule has 1 N–H and O–H groups in total. The maximum Gasteiger partial charge on any atom is 0.326 e. The van der Waals surface area contributed by atoms with Gasteiger partial charge in [-0.2, -0.15) is 4.98 Å². The summed E-state index contributed by atoms with van der Waals surface area (Å²) in [6, 6.07) is 10.1. The van der Waals surface area contributed by atoms with Gasteiger partial charge in [-0.15, -0.1) is 0 Å². The minimum atomic E-state index is -1.00. The average molecular weight is 367 g/mol. The number of aryl methyl sites for hydroxylation is 1. The number of aliphatic carboxylic acids is 1. The molecule has 138 valence electrons. The number of amides is 1. The number of furan rings is 1. The second-order valence-corrected chi connectivity index (χ2v) is 6.34. The largest absolute Gasteiger partial charge is 0.480 e. The maximum absolute atomic E-state index is 12.7. The first-order chi connectivity index (χ1) is 13.1. The van der Waals surface area contributed by atoms with Crippen molar-refractivity contribution >= 4 is 11.9 Å². The molecular formula is C19H17N3O5. The molecule has 8 heteroatoms. The van der Waals surface area contributed by atoms with Gasteiger partial charge in [-0.05, 0) is 23.3 Å². The highest BCUT2D eigenvalue weighted by atomic mass is 16.5. The average Bonchev–Trinajstić information content (AvgIpc) is 3.36. The molecule has 0 aliphatic carbocycles. The van der Waals surface area contributed by atoms with E-state index >= 15 is 0 Å². The van der Waals surface area contributed by atoms with Crippen molar-refractivity contribution in [3.8, 4) is 11.6 Å². The van der Waals surface area contributed by atoms with Crippen molar-refractivity contribution in [2.45, 2.75) is 31.8 Å². The maximum atomic E-state index is 12.7. The van der Waals surface area contributed by atoms with E-state index in [0.717, 1.165) is 11.1 Å². The summed E-state index contributed by atoms with van der Waals surface area (Å²) in [4.78, 5) is 29.9. The third kappa shape index (κ3) is 3.46. The van der Waals surface area contributed by atoms with Crippen LogP contribution in [0, 0.1) is 0 Å². The van der Waals surface area contributed by atoms with Crippen LogP contribution >= 0.6 is 0 Å². The monoisotopic (exact) mass is 367 g/mol.